The van der Waals surface area contributed by atoms with Crippen LogP contribution in [0, 0.1) is 0 Å². The maximum absolute atomic E-state index is 6.03. The highest BCUT2D eigenvalue weighted by Crippen LogP contribution is 2.45. The predicted octanol–water partition coefficient (Wildman–Crippen LogP) is 3.11. The number of nitrogens with two attached hydrogens (primary N) is 1. The standard InChI is InChI=1S/C15H19N3O/c1-3-9-8-11(6-7-12(9)19-2)13-14(10-4-5-10)17-18-15(13)16/h6-8,10H,3-5H2,1-2H3,(H3,16,17,18). The van der Waals surface area contributed by atoms with Crippen LogP contribution in [-0.2, 0) is 6.42 Å². The first-order chi connectivity index (χ1) is 9.24. The summed E-state index contributed by atoms with van der Waals surface area (Å²) < 4.78 is 5.37. The number of benzene rings is 1. The number of nitrogens with zero attached hydrogens (tertiary/aromatic N) is 1. The Bertz CT molecular complexity index is 599. The number of rotatable bonds is 4. The van der Waals surface area contributed by atoms with Crippen LogP contribution in [0.3, 0.4) is 0 Å². The number of H-pyrrole nitrogens is 1. The second kappa shape index (κ2) is 4.61. The molecule has 1 aliphatic carbocycles. The van der Waals surface area contributed by atoms with Crippen LogP contribution in [0.15, 0.2) is 18.2 Å². The Morgan fingerprint density at radius 3 is 2.84 bits per heavy atom. The number of aromatic amines is 1. The summed E-state index contributed by atoms with van der Waals surface area (Å²) in [5.74, 6) is 2.13. The summed E-state index contributed by atoms with van der Waals surface area (Å²) in [4.78, 5) is 0. The highest BCUT2D eigenvalue weighted by molar-refractivity contribution is 5.78. The van der Waals surface area contributed by atoms with Crippen molar-refractivity contribution in [2.45, 2.75) is 32.1 Å². The lowest BCUT2D eigenvalue weighted by atomic mass is 9.99. The quantitative estimate of drug-likeness (QED) is 0.884. The molecule has 4 nitrogen and oxygen atoms in total. The van der Waals surface area contributed by atoms with Crippen molar-refractivity contribution in [2.75, 3.05) is 12.8 Å². The van der Waals surface area contributed by atoms with Crippen LogP contribution in [0.2, 0.25) is 0 Å². The molecule has 0 radical (unpaired) electrons. The van der Waals surface area contributed by atoms with E-state index in [0.717, 1.165) is 23.3 Å². The van der Waals surface area contributed by atoms with Crippen LogP contribution in [-0.4, -0.2) is 17.3 Å². The van der Waals surface area contributed by atoms with Crippen molar-refractivity contribution in [3.05, 3.63) is 29.5 Å². The minimum atomic E-state index is 0.592. The van der Waals surface area contributed by atoms with Crippen molar-refractivity contribution in [3.8, 4) is 16.9 Å². The van der Waals surface area contributed by atoms with Gasteiger partial charge in [0.25, 0.3) is 0 Å². The summed E-state index contributed by atoms with van der Waals surface area (Å²) in [6.07, 6.45) is 3.39. The van der Waals surface area contributed by atoms with Crippen molar-refractivity contribution in [3.63, 3.8) is 0 Å². The van der Waals surface area contributed by atoms with E-state index in [2.05, 4.69) is 29.3 Å². The van der Waals surface area contributed by atoms with Crippen molar-refractivity contribution in [1.29, 1.82) is 0 Å². The van der Waals surface area contributed by atoms with Crippen molar-refractivity contribution < 1.29 is 4.74 Å². The number of hydrogen-bond donors (Lipinski definition) is 2. The normalized spacial score (nSPS) is 14.6. The van der Waals surface area contributed by atoms with Gasteiger partial charge in [0.1, 0.15) is 5.75 Å². The number of methoxy groups -OCH3 is 1. The summed E-state index contributed by atoms with van der Waals surface area (Å²) in [7, 11) is 1.70. The first-order valence-electron chi connectivity index (χ1n) is 6.75. The van der Waals surface area contributed by atoms with E-state index in [-0.39, 0.29) is 0 Å². The van der Waals surface area contributed by atoms with Gasteiger partial charge < -0.3 is 10.5 Å². The van der Waals surface area contributed by atoms with E-state index >= 15 is 0 Å². The number of nitrogen functional groups attached to an aromatic ring is 1. The molecule has 2 aromatic rings. The molecule has 1 heterocycles. The van der Waals surface area contributed by atoms with E-state index in [1.54, 1.807) is 7.11 Å². The Hall–Kier alpha value is -1.97. The maximum atomic E-state index is 6.03. The number of aromatic nitrogens is 2. The van der Waals surface area contributed by atoms with E-state index in [1.165, 1.54) is 24.1 Å². The SMILES string of the molecule is CCc1cc(-c2c(N)n[nH]c2C2CC2)ccc1OC. The molecule has 1 fully saturated rings. The molecule has 100 valence electrons. The van der Waals surface area contributed by atoms with Gasteiger partial charge in [-0.05, 0) is 42.5 Å². The molecule has 19 heavy (non-hydrogen) atoms. The maximum Gasteiger partial charge on any atom is 0.153 e. The average Bonchev–Trinajstić information content (AvgIpc) is 3.21. The molecule has 1 aliphatic rings. The van der Waals surface area contributed by atoms with E-state index < -0.39 is 0 Å². The molecule has 0 spiro atoms. The third-order valence-corrected chi connectivity index (χ3v) is 3.76. The first kappa shape index (κ1) is 12.1. The molecular weight excluding hydrogens is 238 g/mol. The lowest BCUT2D eigenvalue weighted by Crippen LogP contribution is -1.94. The molecule has 0 saturated heterocycles. The number of hydrogen-bond acceptors (Lipinski definition) is 3. The number of ether oxygens (including phenoxy) is 1. The van der Waals surface area contributed by atoms with Gasteiger partial charge in [0.15, 0.2) is 5.82 Å². The third kappa shape index (κ3) is 2.07. The zero-order valence-electron chi connectivity index (χ0n) is 11.4. The Morgan fingerprint density at radius 1 is 1.42 bits per heavy atom. The minimum absolute atomic E-state index is 0.592. The number of anilines is 1. The summed E-state index contributed by atoms with van der Waals surface area (Å²) in [6.45, 7) is 2.13. The predicted molar refractivity (Wildman–Crippen MR) is 76.3 cm³/mol. The van der Waals surface area contributed by atoms with Gasteiger partial charge in [-0.1, -0.05) is 13.0 Å². The molecule has 3 rings (SSSR count). The number of nitrogens with one attached hydrogen (secondary N) is 1. The monoisotopic (exact) mass is 257 g/mol. The summed E-state index contributed by atoms with van der Waals surface area (Å²) in [5, 5.41) is 7.27. The molecule has 4 heteroatoms. The molecule has 0 bridgehead atoms. The fourth-order valence-electron chi connectivity index (χ4n) is 2.55. The fraction of sp³-hybridized carbons (Fsp3) is 0.400. The molecule has 0 amide bonds. The second-order valence-electron chi connectivity index (χ2n) is 5.05. The van der Waals surface area contributed by atoms with Crippen LogP contribution in [0.5, 0.6) is 5.75 Å². The van der Waals surface area contributed by atoms with Crippen molar-refractivity contribution in [2.24, 2.45) is 0 Å². The Morgan fingerprint density at radius 2 is 2.21 bits per heavy atom. The van der Waals surface area contributed by atoms with E-state index in [4.69, 9.17) is 10.5 Å². The molecule has 0 atom stereocenters. The topological polar surface area (TPSA) is 63.9 Å². The van der Waals surface area contributed by atoms with Gasteiger partial charge in [-0.3, -0.25) is 5.10 Å². The van der Waals surface area contributed by atoms with Gasteiger partial charge in [-0.25, -0.2) is 0 Å². The van der Waals surface area contributed by atoms with Gasteiger partial charge in [0, 0.05) is 17.2 Å². The van der Waals surface area contributed by atoms with Gasteiger partial charge >= 0.3 is 0 Å². The lowest BCUT2D eigenvalue weighted by molar-refractivity contribution is 0.410. The highest BCUT2D eigenvalue weighted by atomic mass is 16.5. The van der Waals surface area contributed by atoms with Gasteiger partial charge in [-0.15, -0.1) is 0 Å². The zero-order chi connectivity index (χ0) is 13.4. The second-order valence-corrected chi connectivity index (χ2v) is 5.05. The van der Waals surface area contributed by atoms with Crippen LogP contribution in [0.25, 0.3) is 11.1 Å². The molecule has 1 saturated carbocycles. The van der Waals surface area contributed by atoms with Gasteiger partial charge in [0.2, 0.25) is 0 Å². The molecule has 0 aliphatic heterocycles. The lowest BCUT2D eigenvalue weighted by Gasteiger charge is -2.10. The Balaban J connectivity index is 2.09. The van der Waals surface area contributed by atoms with Gasteiger partial charge in [0.05, 0.1) is 7.11 Å². The van der Waals surface area contributed by atoms with Gasteiger partial charge in [-0.2, -0.15) is 5.10 Å². The summed E-state index contributed by atoms with van der Waals surface area (Å²) in [6, 6.07) is 6.23. The van der Waals surface area contributed by atoms with Crippen molar-refractivity contribution in [1.82, 2.24) is 10.2 Å². The summed E-state index contributed by atoms with van der Waals surface area (Å²) >= 11 is 0. The molecule has 1 aromatic heterocycles. The largest absolute Gasteiger partial charge is 0.496 e. The fourth-order valence-corrected chi connectivity index (χ4v) is 2.55. The summed E-state index contributed by atoms with van der Waals surface area (Å²) in [5.41, 5.74) is 10.6. The Kier molecular flexibility index (Phi) is 2.93. The molecule has 3 N–H and O–H groups in total. The highest BCUT2D eigenvalue weighted by Gasteiger charge is 2.29. The molecule has 0 unspecified atom stereocenters. The van der Waals surface area contributed by atoms with Crippen molar-refractivity contribution >= 4 is 5.82 Å². The Labute approximate surface area is 113 Å². The average molecular weight is 257 g/mol. The van der Waals surface area contributed by atoms with E-state index in [1.807, 2.05) is 6.07 Å². The molecular formula is C15H19N3O. The van der Waals surface area contributed by atoms with E-state index in [0.29, 0.717) is 11.7 Å². The molecule has 1 aromatic carbocycles. The smallest absolute Gasteiger partial charge is 0.153 e. The van der Waals surface area contributed by atoms with Crippen LogP contribution < -0.4 is 10.5 Å². The zero-order valence-corrected chi connectivity index (χ0v) is 11.4. The number of aryl methyl sites for hydroxylation is 1. The van der Waals surface area contributed by atoms with Crippen LogP contribution >= 0.6 is 0 Å². The van der Waals surface area contributed by atoms with E-state index in [9.17, 15) is 0 Å². The van der Waals surface area contributed by atoms with Crippen LogP contribution in [0.4, 0.5) is 5.82 Å². The first-order valence-corrected chi connectivity index (χ1v) is 6.75. The minimum Gasteiger partial charge on any atom is -0.496 e. The third-order valence-electron chi connectivity index (χ3n) is 3.76. The van der Waals surface area contributed by atoms with Crippen LogP contribution in [0.1, 0.15) is 36.9 Å².